The second-order valence-corrected chi connectivity index (χ2v) is 6.08. The first-order valence-corrected chi connectivity index (χ1v) is 8.32. The van der Waals surface area contributed by atoms with Crippen LogP contribution in [-0.2, 0) is 6.61 Å². The standard InChI is InChI=1S/C19H21F3N2O.2ClH/c20-19(21,22)18(24-11-9-23-10-12-24)16-7-4-8-17(13-16)25-14-15-5-2-1-3-6-15;;/h1-8,13,18,23H,9-12,14H2;2*1H/t18-;;/m1../s1. The van der Waals surface area contributed by atoms with E-state index in [4.69, 9.17) is 4.74 Å². The second-order valence-electron chi connectivity index (χ2n) is 6.08. The number of rotatable bonds is 5. The number of halogens is 5. The molecule has 150 valence electrons. The normalized spacial score (nSPS) is 16.0. The molecule has 3 nitrogen and oxygen atoms in total. The summed E-state index contributed by atoms with van der Waals surface area (Å²) in [6, 6.07) is 14.3. The summed E-state index contributed by atoms with van der Waals surface area (Å²) in [7, 11) is 0. The van der Waals surface area contributed by atoms with Crippen LogP contribution in [0, 0.1) is 0 Å². The van der Waals surface area contributed by atoms with E-state index in [2.05, 4.69) is 5.32 Å². The van der Waals surface area contributed by atoms with Crippen LogP contribution >= 0.6 is 24.8 Å². The van der Waals surface area contributed by atoms with Gasteiger partial charge in [-0.15, -0.1) is 24.8 Å². The summed E-state index contributed by atoms with van der Waals surface area (Å²) < 4.78 is 46.7. The highest BCUT2D eigenvalue weighted by Crippen LogP contribution is 2.38. The fraction of sp³-hybridized carbons (Fsp3) is 0.368. The van der Waals surface area contributed by atoms with Crippen LogP contribution in [-0.4, -0.2) is 37.3 Å². The predicted octanol–water partition coefficient (Wildman–Crippen LogP) is 4.62. The fourth-order valence-electron chi connectivity index (χ4n) is 3.06. The molecule has 1 aliphatic rings. The van der Waals surface area contributed by atoms with Gasteiger partial charge in [0.2, 0.25) is 0 Å². The third-order valence-corrected chi connectivity index (χ3v) is 4.25. The lowest BCUT2D eigenvalue weighted by Crippen LogP contribution is -2.49. The zero-order chi connectivity index (χ0) is 17.7. The Kier molecular flexibility index (Phi) is 9.39. The SMILES string of the molecule is Cl.Cl.FC(F)(F)[C@@H](c1cccc(OCc2ccccc2)c1)N1CCNCC1. The first-order valence-electron chi connectivity index (χ1n) is 8.32. The van der Waals surface area contributed by atoms with Crippen molar-refractivity contribution in [3.05, 3.63) is 65.7 Å². The minimum atomic E-state index is -4.32. The lowest BCUT2D eigenvalue weighted by atomic mass is 10.0. The van der Waals surface area contributed by atoms with Crippen LogP contribution in [0.15, 0.2) is 54.6 Å². The average Bonchev–Trinajstić information content (AvgIpc) is 2.61. The van der Waals surface area contributed by atoms with Crippen LogP contribution in [0.3, 0.4) is 0 Å². The third-order valence-electron chi connectivity index (χ3n) is 4.25. The van der Waals surface area contributed by atoms with E-state index >= 15 is 0 Å². The summed E-state index contributed by atoms with van der Waals surface area (Å²) in [6.07, 6.45) is -4.32. The number of nitrogens with zero attached hydrogens (tertiary/aromatic N) is 1. The van der Waals surface area contributed by atoms with E-state index in [0.717, 1.165) is 5.56 Å². The molecule has 1 atom stereocenters. The molecule has 0 amide bonds. The summed E-state index contributed by atoms with van der Waals surface area (Å²) in [5, 5.41) is 3.09. The summed E-state index contributed by atoms with van der Waals surface area (Å²) in [5.74, 6) is 0.450. The van der Waals surface area contributed by atoms with Crippen molar-refractivity contribution < 1.29 is 17.9 Å². The summed E-state index contributed by atoms with van der Waals surface area (Å²) >= 11 is 0. The molecule has 2 aromatic carbocycles. The Labute approximate surface area is 169 Å². The van der Waals surface area contributed by atoms with Crippen LogP contribution < -0.4 is 10.1 Å². The van der Waals surface area contributed by atoms with Crippen molar-refractivity contribution in [2.75, 3.05) is 26.2 Å². The minimum absolute atomic E-state index is 0. The highest BCUT2D eigenvalue weighted by Gasteiger charge is 2.44. The summed E-state index contributed by atoms with van der Waals surface area (Å²) in [5.41, 5.74) is 1.20. The molecule has 0 aliphatic carbocycles. The Morgan fingerprint density at radius 1 is 0.963 bits per heavy atom. The topological polar surface area (TPSA) is 24.5 Å². The van der Waals surface area contributed by atoms with E-state index in [0.29, 0.717) is 38.5 Å². The van der Waals surface area contributed by atoms with Gasteiger partial charge in [0.05, 0.1) is 0 Å². The second kappa shape index (κ2) is 10.8. The number of benzene rings is 2. The van der Waals surface area contributed by atoms with Gasteiger partial charge < -0.3 is 10.1 Å². The Hall–Kier alpha value is -1.47. The van der Waals surface area contributed by atoms with Crippen LogP contribution in [0.1, 0.15) is 17.2 Å². The molecule has 0 radical (unpaired) electrons. The Morgan fingerprint density at radius 2 is 1.63 bits per heavy atom. The highest BCUT2D eigenvalue weighted by atomic mass is 35.5. The van der Waals surface area contributed by atoms with Crippen molar-refractivity contribution >= 4 is 24.8 Å². The molecule has 0 saturated carbocycles. The molecule has 1 fully saturated rings. The summed E-state index contributed by atoms with van der Waals surface area (Å²) in [4.78, 5) is 1.48. The Balaban J connectivity index is 0.00000182. The van der Waals surface area contributed by atoms with Gasteiger partial charge in [0.15, 0.2) is 0 Å². The fourth-order valence-corrected chi connectivity index (χ4v) is 3.06. The monoisotopic (exact) mass is 422 g/mol. The quantitative estimate of drug-likeness (QED) is 0.760. The number of nitrogens with one attached hydrogen (secondary N) is 1. The maximum atomic E-state index is 13.7. The maximum absolute atomic E-state index is 13.7. The van der Waals surface area contributed by atoms with Gasteiger partial charge in [-0.2, -0.15) is 13.2 Å². The minimum Gasteiger partial charge on any atom is -0.489 e. The first kappa shape index (κ1) is 23.6. The largest absolute Gasteiger partial charge is 0.489 e. The van der Waals surface area contributed by atoms with Gasteiger partial charge in [0, 0.05) is 26.2 Å². The zero-order valence-electron chi connectivity index (χ0n) is 14.6. The smallest absolute Gasteiger partial charge is 0.408 e. The zero-order valence-corrected chi connectivity index (χ0v) is 16.2. The van der Waals surface area contributed by atoms with E-state index in [1.807, 2.05) is 30.3 Å². The lowest BCUT2D eigenvalue weighted by molar-refractivity contribution is -0.187. The predicted molar refractivity (Wildman–Crippen MR) is 105 cm³/mol. The van der Waals surface area contributed by atoms with E-state index < -0.39 is 12.2 Å². The highest BCUT2D eigenvalue weighted by molar-refractivity contribution is 5.85. The van der Waals surface area contributed by atoms with Gasteiger partial charge in [-0.1, -0.05) is 42.5 Å². The number of hydrogen-bond donors (Lipinski definition) is 1. The molecule has 1 heterocycles. The van der Waals surface area contributed by atoms with Gasteiger partial charge in [0.1, 0.15) is 18.4 Å². The molecule has 0 spiro atoms. The Morgan fingerprint density at radius 3 is 2.26 bits per heavy atom. The van der Waals surface area contributed by atoms with Gasteiger partial charge in [-0.05, 0) is 23.3 Å². The number of hydrogen-bond acceptors (Lipinski definition) is 3. The van der Waals surface area contributed by atoms with Crippen molar-refractivity contribution in [2.45, 2.75) is 18.8 Å². The van der Waals surface area contributed by atoms with E-state index in [1.165, 1.54) is 17.0 Å². The Bertz CT molecular complexity index is 680. The third kappa shape index (κ3) is 6.57. The van der Waals surface area contributed by atoms with Crippen LogP contribution in [0.2, 0.25) is 0 Å². The van der Waals surface area contributed by atoms with Crippen molar-refractivity contribution in [2.24, 2.45) is 0 Å². The van der Waals surface area contributed by atoms with Gasteiger partial charge in [-0.25, -0.2) is 0 Å². The number of piperazine rings is 1. The molecule has 27 heavy (non-hydrogen) atoms. The molecule has 1 N–H and O–H groups in total. The lowest BCUT2D eigenvalue weighted by Gasteiger charge is -2.36. The van der Waals surface area contributed by atoms with E-state index in [-0.39, 0.29) is 30.4 Å². The molecule has 0 bridgehead atoms. The summed E-state index contributed by atoms with van der Waals surface area (Å²) in [6.45, 7) is 2.21. The molecule has 2 aromatic rings. The number of alkyl halides is 3. The first-order chi connectivity index (χ1) is 12.0. The van der Waals surface area contributed by atoms with Crippen molar-refractivity contribution in [3.8, 4) is 5.75 Å². The maximum Gasteiger partial charge on any atom is 0.408 e. The van der Waals surface area contributed by atoms with Gasteiger partial charge in [-0.3, -0.25) is 4.90 Å². The van der Waals surface area contributed by atoms with E-state index in [9.17, 15) is 13.2 Å². The van der Waals surface area contributed by atoms with Crippen LogP contribution in [0.4, 0.5) is 13.2 Å². The molecule has 3 rings (SSSR count). The number of ether oxygens (including phenoxy) is 1. The molecule has 1 aliphatic heterocycles. The van der Waals surface area contributed by atoms with Crippen molar-refractivity contribution in [3.63, 3.8) is 0 Å². The van der Waals surface area contributed by atoms with Crippen LogP contribution in [0.25, 0.3) is 0 Å². The average molecular weight is 423 g/mol. The van der Waals surface area contributed by atoms with Gasteiger partial charge >= 0.3 is 6.18 Å². The molecule has 0 unspecified atom stereocenters. The van der Waals surface area contributed by atoms with Crippen LogP contribution in [0.5, 0.6) is 5.75 Å². The molecule has 1 saturated heterocycles. The molecule has 0 aromatic heterocycles. The molecule has 8 heteroatoms. The van der Waals surface area contributed by atoms with Crippen molar-refractivity contribution in [1.29, 1.82) is 0 Å². The van der Waals surface area contributed by atoms with Crippen molar-refractivity contribution in [1.82, 2.24) is 10.2 Å². The van der Waals surface area contributed by atoms with E-state index in [1.54, 1.807) is 12.1 Å². The van der Waals surface area contributed by atoms with Gasteiger partial charge in [0.25, 0.3) is 0 Å². The molecular weight excluding hydrogens is 400 g/mol. The molecular formula is C19H23Cl2F3N2O.